The van der Waals surface area contributed by atoms with E-state index in [-0.39, 0.29) is 18.2 Å². The number of hydrogen-bond donors (Lipinski definition) is 1. The summed E-state index contributed by atoms with van der Waals surface area (Å²) in [5.41, 5.74) is 3.82. The molecule has 0 aliphatic rings. The van der Waals surface area contributed by atoms with Gasteiger partial charge in [0.1, 0.15) is 6.61 Å². The van der Waals surface area contributed by atoms with Crippen LogP contribution in [0.2, 0.25) is 0 Å². The van der Waals surface area contributed by atoms with Crippen LogP contribution < -0.4 is 14.9 Å². The van der Waals surface area contributed by atoms with E-state index in [9.17, 15) is 14.9 Å². The van der Waals surface area contributed by atoms with Gasteiger partial charge in [-0.15, -0.1) is 0 Å². The Hall–Kier alpha value is -2.94. The van der Waals surface area contributed by atoms with Crippen LogP contribution in [0.25, 0.3) is 0 Å². The molecule has 0 radical (unpaired) electrons. The van der Waals surface area contributed by atoms with Gasteiger partial charge >= 0.3 is 0 Å². The molecule has 26 heavy (non-hydrogen) atoms. The number of benzene rings is 2. The first-order valence-corrected chi connectivity index (χ1v) is 8.23. The van der Waals surface area contributed by atoms with Crippen LogP contribution in [0.3, 0.4) is 0 Å². The lowest BCUT2D eigenvalue weighted by molar-refractivity contribution is -0.384. The van der Waals surface area contributed by atoms with Gasteiger partial charge in [-0.05, 0) is 45.8 Å². The van der Waals surface area contributed by atoms with E-state index in [4.69, 9.17) is 9.47 Å². The second-order valence-electron chi connectivity index (χ2n) is 5.16. The summed E-state index contributed by atoms with van der Waals surface area (Å²) in [7, 11) is 1.51. The lowest BCUT2D eigenvalue weighted by Gasteiger charge is -2.12. The van der Waals surface area contributed by atoms with E-state index in [1.54, 1.807) is 24.3 Å². The number of hydrogen-bond acceptors (Lipinski definition) is 6. The Bertz CT molecular complexity index is 837. The van der Waals surface area contributed by atoms with Crippen molar-refractivity contribution in [2.75, 3.05) is 7.11 Å². The average molecular weight is 422 g/mol. The van der Waals surface area contributed by atoms with Gasteiger partial charge in [0.05, 0.1) is 18.2 Å². The maximum absolute atomic E-state index is 10.9. The third-order valence-electron chi connectivity index (χ3n) is 3.25. The van der Waals surface area contributed by atoms with Crippen molar-refractivity contribution in [2.45, 2.75) is 13.5 Å². The molecule has 0 fully saturated rings. The molecule has 0 aliphatic carbocycles. The highest BCUT2D eigenvalue weighted by atomic mass is 79.9. The molecule has 8 nitrogen and oxygen atoms in total. The minimum absolute atomic E-state index is 0.0249. The van der Waals surface area contributed by atoms with E-state index in [1.165, 1.54) is 32.4 Å². The second kappa shape index (κ2) is 8.95. The van der Waals surface area contributed by atoms with Crippen molar-refractivity contribution < 1.29 is 19.2 Å². The number of rotatable bonds is 7. The van der Waals surface area contributed by atoms with E-state index < -0.39 is 4.92 Å². The largest absolute Gasteiger partial charge is 0.493 e. The first kappa shape index (κ1) is 19.4. The highest BCUT2D eigenvalue weighted by Gasteiger charge is 2.10. The number of hydrazone groups is 1. The molecule has 0 bridgehead atoms. The number of carbonyl (C=O) groups is 1. The Morgan fingerprint density at radius 1 is 1.31 bits per heavy atom. The van der Waals surface area contributed by atoms with E-state index >= 15 is 0 Å². The topological polar surface area (TPSA) is 103 Å². The molecule has 1 N–H and O–H groups in total. The van der Waals surface area contributed by atoms with Crippen LogP contribution >= 0.6 is 15.9 Å². The average Bonchev–Trinajstić information content (AvgIpc) is 2.61. The molecule has 9 heteroatoms. The maximum Gasteiger partial charge on any atom is 0.269 e. The van der Waals surface area contributed by atoms with E-state index in [1.807, 2.05) is 0 Å². The van der Waals surface area contributed by atoms with Crippen LogP contribution in [0, 0.1) is 10.1 Å². The quantitative estimate of drug-likeness (QED) is 0.419. The number of nitro groups is 1. The van der Waals surface area contributed by atoms with Crippen LogP contribution in [0.4, 0.5) is 5.69 Å². The molecule has 2 aromatic rings. The molecule has 2 rings (SSSR count). The molecular weight excluding hydrogens is 406 g/mol. The number of amides is 1. The van der Waals surface area contributed by atoms with Gasteiger partial charge in [-0.3, -0.25) is 14.9 Å². The summed E-state index contributed by atoms with van der Waals surface area (Å²) in [4.78, 5) is 21.1. The van der Waals surface area contributed by atoms with Crippen molar-refractivity contribution in [1.29, 1.82) is 0 Å². The van der Waals surface area contributed by atoms with Gasteiger partial charge in [0.15, 0.2) is 11.5 Å². The predicted molar refractivity (Wildman–Crippen MR) is 99.5 cm³/mol. The van der Waals surface area contributed by atoms with Crippen molar-refractivity contribution >= 4 is 33.7 Å². The van der Waals surface area contributed by atoms with Crippen LogP contribution in [-0.2, 0) is 11.4 Å². The number of carbonyl (C=O) groups excluding carboxylic acids is 1. The normalized spacial score (nSPS) is 10.6. The summed E-state index contributed by atoms with van der Waals surface area (Å²) < 4.78 is 11.8. The second-order valence-corrected chi connectivity index (χ2v) is 6.02. The van der Waals surface area contributed by atoms with Crippen LogP contribution in [0.15, 0.2) is 46.0 Å². The molecule has 0 saturated heterocycles. The minimum atomic E-state index is -0.452. The molecule has 0 unspecified atom stereocenters. The minimum Gasteiger partial charge on any atom is -0.493 e. The summed E-state index contributed by atoms with van der Waals surface area (Å²) in [5.74, 6) is 0.709. The monoisotopic (exact) mass is 421 g/mol. The van der Waals surface area contributed by atoms with Gasteiger partial charge in [0, 0.05) is 29.1 Å². The van der Waals surface area contributed by atoms with E-state index in [0.29, 0.717) is 21.5 Å². The first-order chi connectivity index (χ1) is 12.4. The van der Waals surface area contributed by atoms with Gasteiger partial charge in [-0.2, -0.15) is 5.10 Å². The zero-order chi connectivity index (χ0) is 19.1. The van der Waals surface area contributed by atoms with Crippen molar-refractivity contribution in [3.63, 3.8) is 0 Å². The number of halogens is 1. The number of nitro benzene ring substituents is 1. The molecule has 2 aromatic carbocycles. The standard InChI is InChI=1S/C17H16BrN3O5/c1-11(22)20-19-9-13-7-16(25-2)17(8-15(13)18)26-10-12-3-5-14(6-4-12)21(23)24/h3-9H,10H2,1-2H3,(H,20,22)/b19-9-. The number of non-ortho nitro benzene ring substituents is 1. The van der Waals surface area contributed by atoms with Gasteiger partial charge < -0.3 is 9.47 Å². The fraction of sp³-hybridized carbons (Fsp3) is 0.176. The first-order valence-electron chi connectivity index (χ1n) is 7.44. The Balaban J connectivity index is 2.13. The number of methoxy groups -OCH3 is 1. The third kappa shape index (κ3) is 5.28. The Morgan fingerprint density at radius 2 is 2.00 bits per heavy atom. The maximum atomic E-state index is 10.9. The molecule has 0 heterocycles. The molecule has 0 atom stereocenters. The Labute approximate surface area is 158 Å². The summed E-state index contributed by atoms with van der Waals surface area (Å²) in [6.07, 6.45) is 1.48. The Morgan fingerprint density at radius 3 is 2.58 bits per heavy atom. The molecule has 0 saturated carbocycles. The number of nitrogens with one attached hydrogen (secondary N) is 1. The smallest absolute Gasteiger partial charge is 0.269 e. The van der Waals surface area contributed by atoms with Crippen molar-refractivity contribution in [3.05, 3.63) is 62.1 Å². The molecule has 1 amide bonds. The summed E-state index contributed by atoms with van der Waals surface area (Å²) in [6, 6.07) is 9.54. The van der Waals surface area contributed by atoms with Gasteiger partial charge in [0.25, 0.3) is 5.69 Å². The highest BCUT2D eigenvalue weighted by molar-refractivity contribution is 9.10. The van der Waals surface area contributed by atoms with Crippen LogP contribution in [0.1, 0.15) is 18.1 Å². The van der Waals surface area contributed by atoms with E-state index in [2.05, 4.69) is 26.5 Å². The van der Waals surface area contributed by atoms with Crippen molar-refractivity contribution in [1.82, 2.24) is 5.43 Å². The zero-order valence-corrected chi connectivity index (χ0v) is 15.6. The molecule has 136 valence electrons. The molecule has 0 aliphatic heterocycles. The van der Waals surface area contributed by atoms with Gasteiger partial charge in [-0.1, -0.05) is 0 Å². The summed E-state index contributed by atoms with van der Waals surface area (Å²) >= 11 is 3.41. The molecular formula is C17H16BrN3O5. The molecule has 0 spiro atoms. The molecule has 0 aromatic heterocycles. The van der Waals surface area contributed by atoms with E-state index in [0.717, 1.165) is 5.56 Å². The fourth-order valence-electron chi connectivity index (χ4n) is 1.99. The Kier molecular flexibility index (Phi) is 6.67. The lowest BCUT2D eigenvalue weighted by atomic mass is 10.2. The zero-order valence-electron chi connectivity index (χ0n) is 14.1. The SMILES string of the molecule is COc1cc(/C=N\NC(C)=O)c(Br)cc1OCc1ccc([N+](=O)[O-])cc1. The number of nitrogens with zero attached hydrogens (tertiary/aromatic N) is 2. The lowest BCUT2D eigenvalue weighted by Crippen LogP contribution is -2.12. The van der Waals surface area contributed by atoms with Gasteiger partial charge in [0.2, 0.25) is 5.91 Å². The fourth-order valence-corrected chi connectivity index (χ4v) is 2.41. The third-order valence-corrected chi connectivity index (χ3v) is 3.94. The van der Waals surface area contributed by atoms with Crippen LogP contribution in [-0.4, -0.2) is 24.2 Å². The van der Waals surface area contributed by atoms with Crippen LogP contribution in [0.5, 0.6) is 11.5 Å². The summed E-state index contributed by atoms with van der Waals surface area (Å²) in [5, 5.41) is 14.5. The summed E-state index contributed by atoms with van der Waals surface area (Å²) in [6.45, 7) is 1.59. The van der Waals surface area contributed by atoms with Gasteiger partial charge in [-0.25, -0.2) is 5.43 Å². The van der Waals surface area contributed by atoms with Crippen molar-refractivity contribution in [2.24, 2.45) is 5.10 Å². The van der Waals surface area contributed by atoms with Crippen molar-refractivity contribution in [3.8, 4) is 11.5 Å². The number of ether oxygens (including phenoxy) is 2. The predicted octanol–water partition coefficient (Wildman–Crippen LogP) is 3.41. The highest BCUT2D eigenvalue weighted by Crippen LogP contribution is 2.33.